The van der Waals surface area contributed by atoms with Crippen molar-refractivity contribution in [2.24, 2.45) is 0 Å². The number of carbonyl (C=O) groups excluding carboxylic acids is 3. The molecule has 54 heavy (non-hydrogen) atoms. The third-order valence-electron chi connectivity index (χ3n) is 11.0. The minimum Gasteiger partial charge on any atom is -0.369 e. The molecule has 274 valence electrons. The highest BCUT2D eigenvalue weighted by atomic mass is 32.1. The van der Waals surface area contributed by atoms with E-state index in [4.69, 9.17) is 0 Å². The van der Waals surface area contributed by atoms with Gasteiger partial charge in [0.2, 0.25) is 0 Å². The Morgan fingerprint density at radius 2 is 1.00 bits per heavy atom. The lowest BCUT2D eigenvalue weighted by molar-refractivity contribution is 0.0865. The molecule has 6 aromatic rings. The van der Waals surface area contributed by atoms with E-state index in [2.05, 4.69) is 55.4 Å². The fourth-order valence-electron chi connectivity index (χ4n) is 8.42. The number of rotatable bonds is 8. The summed E-state index contributed by atoms with van der Waals surface area (Å²) in [5.74, 6) is -0.999. The van der Waals surface area contributed by atoms with Crippen LogP contribution in [0, 0.1) is 0 Å². The maximum absolute atomic E-state index is 15.4. The zero-order valence-electron chi connectivity index (χ0n) is 31.9. The van der Waals surface area contributed by atoms with E-state index >= 15 is 14.4 Å². The minimum absolute atomic E-state index is 0.0395. The topological polar surface area (TPSA) is 77.9 Å². The SMILES string of the molecule is CC(C)c1cccc(C(C)C)c1N1C(=O)c2cc(-c3cccs3)c3c4c(cc(-c5cccs5)c(c24)C1=O)C(O)N(c1c(C(C)C)cccc1C(C)C)C3=O. The number of hydrogen-bond acceptors (Lipinski definition) is 6. The van der Waals surface area contributed by atoms with Gasteiger partial charge in [-0.1, -0.05) is 104 Å². The first kappa shape index (κ1) is 36.1. The Kier molecular flexibility index (Phi) is 8.99. The number of aliphatic hydroxyl groups is 1. The van der Waals surface area contributed by atoms with Crippen molar-refractivity contribution in [3.63, 3.8) is 0 Å². The standard InChI is InChI=1S/C46H44N2O4S2/c1-23(2)27-13-9-14-28(24(3)4)41(27)47-43(49)33-21-32(36-18-12-20-54-36)40-38-34(22-31(35-17-11-19-53-35)39(37(33)38)45(47)51)44(50)48(46(40)52)42-29(25(5)6)15-10-16-30(42)26(7)8/h9-26,43,49H,1-8H3. The third-order valence-corrected chi connectivity index (χ3v) is 12.8. The molecule has 0 spiro atoms. The first-order chi connectivity index (χ1) is 25.8. The molecule has 4 aromatic carbocycles. The summed E-state index contributed by atoms with van der Waals surface area (Å²) in [7, 11) is 0. The maximum atomic E-state index is 15.4. The molecule has 3 amide bonds. The molecule has 0 saturated heterocycles. The van der Waals surface area contributed by atoms with Crippen LogP contribution < -0.4 is 9.80 Å². The van der Waals surface area contributed by atoms with Crippen molar-refractivity contribution >= 4 is 62.5 Å². The summed E-state index contributed by atoms with van der Waals surface area (Å²) in [6.07, 6.45) is -1.38. The van der Waals surface area contributed by atoms with Crippen molar-refractivity contribution in [1.29, 1.82) is 0 Å². The van der Waals surface area contributed by atoms with E-state index in [1.807, 2.05) is 83.6 Å². The molecule has 0 radical (unpaired) electrons. The van der Waals surface area contributed by atoms with Crippen LogP contribution in [0.25, 0.3) is 31.7 Å². The first-order valence-corrected chi connectivity index (χ1v) is 20.5. The normalized spacial score (nSPS) is 15.6. The quantitative estimate of drug-likeness (QED) is 0.157. The molecular formula is C46H44N2O4S2. The number of amides is 3. The molecule has 1 atom stereocenters. The fourth-order valence-corrected chi connectivity index (χ4v) is 9.91. The van der Waals surface area contributed by atoms with E-state index in [0.29, 0.717) is 55.5 Å². The van der Waals surface area contributed by atoms with Crippen molar-refractivity contribution in [2.45, 2.75) is 85.3 Å². The summed E-state index contributed by atoms with van der Waals surface area (Å²) in [6, 6.07) is 23.6. The smallest absolute Gasteiger partial charge is 0.266 e. The molecule has 2 aliphatic rings. The largest absolute Gasteiger partial charge is 0.369 e. The van der Waals surface area contributed by atoms with Crippen LogP contribution >= 0.6 is 22.7 Å². The van der Waals surface area contributed by atoms with Gasteiger partial charge in [-0.15, -0.1) is 22.7 Å². The van der Waals surface area contributed by atoms with Crippen LogP contribution in [-0.4, -0.2) is 22.8 Å². The molecule has 2 aliphatic heterocycles. The molecule has 4 heterocycles. The molecule has 0 aliphatic carbocycles. The summed E-state index contributed by atoms with van der Waals surface area (Å²) < 4.78 is 0. The fraction of sp³-hybridized carbons (Fsp3) is 0.283. The second-order valence-electron chi connectivity index (χ2n) is 15.6. The van der Waals surface area contributed by atoms with Gasteiger partial charge in [0.1, 0.15) is 0 Å². The number of nitrogens with zero attached hydrogens (tertiary/aromatic N) is 2. The van der Waals surface area contributed by atoms with Gasteiger partial charge in [-0.2, -0.15) is 0 Å². The minimum atomic E-state index is -1.38. The summed E-state index contributed by atoms with van der Waals surface area (Å²) in [6.45, 7) is 16.7. The number of aliphatic hydroxyl groups excluding tert-OH is 1. The predicted molar refractivity (Wildman–Crippen MR) is 223 cm³/mol. The van der Waals surface area contributed by atoms with Crippen LogP contribution in [-0.2, 0) is 0 Å². The Labute approximate surface area is 324 Å². The van der Waals surface area contributed by atoms with Crippen LogP contribution in [0.5, 0.6) is 0 Å². The molecule has 2 aromatic heterocycles. The average molecular weight is 753 g/mol. The molecule has 8 heteroatoms. The first-order valence-electron chi connectivity index (χ1n) is 18.7. The van der Waals surface area contributed by atoms with Crippen LogP contribution in [0.15, 0.2) is 83.6 Å². The number of anilines is 2. The molecular weight excluding hydrogens is 709 g/mol. The van der Waals surface area contributed by atoms with Crippen LogP contribution in [0.3, 0.4) is 0 Å². The second-order valence-corrected chi connectivity index (χ2v) is 17.5. The van der Waals surface area contributed by atoms with Crippen molar-refractivity contribution in [3.05, 3.63) is 128 Å². The molecule has 6 nitrogen and oxygen atoms in total. The van der Waals surface area contributed by atoms with Gasteiger partial charge in [0, 0.05) is 42.8 Å². The summed E-state index contributed by atoms with van der Waals surface area (Å²) in [5, 5.41) is 17.5. The van der Waals surface area contributed by atoms with Gasteiger partial charge in [0.15, 0.2) is 6.23 Å². The van der Waals surface area contributed by atoms with Crippen LogP contribution in [0.2, 0.25) is 0 Å². The van der Waals surface area contributed by atoms with Crippen molar-refractivity contribution in [3.8, 4) is 20.9 Å². The number of imide groups is 1. The zero-order chi connectivity index (χ0) is 38.3. The van der Waals surface area contributed by atoms with Crippen LogP contribution in [0.1, 0.15) is 144 Å². The lowest BCUT2D eigenvalue weighted by Gasteiger charge is -2.40. The highest BCUT2D eigenvalue weighted by molar-refractivity contribution is 7.14. The second kappa shape index (κ2) is 13.4. The third kappa shape index (κ3) is 5.33. The highest BCUT2D eigenvalue weighted by Crippen LogP contribution is 2.52. The van der Waals surface area contributed by atoms with Crippen molar-refractivity contribution in [1.82, 2.24) is 0 Å². The molecule has 0 fully saturated rings. The van der Waals surface area contributed by atoms with E-state index in [0.717, 1.165) is 32.0 Å². The van der Waals surface area contributed by atoms with E-state index in [-0.39, 0.29) is 29.6 Å². The average Bonchev–Trinajstić information content (AvgIpc) is 3.88. The van der Waals surface area contributed by atoms with E-state index in [9.17, 15) is 5.11 Å². The number of thiophene rings is 2. The molecule has 0 bridgehead atoms. The lowest BCUT2D eigenvalue weighted by atomic mass is 9.79. The zero-order valence-corrected chi connectivity index (χ0v) is 33.5. The summed E-state index contributed by atoms with van der Waals surface area (Å²) in [4.78, 5) is 50.6. The number of carbonyl (C=O) groups is 3. The Bertz CT molecular complexity index is 2440. The summed E-state index contributed by atoms with van der Waals surface area (Å²) >= 11 is 2.99. The molecule has 8 rings (SSSR count). The van der Waals surface area contributed by atoms with Gasteiger partial charge in [-0.25, -0.2) is 4.90 Å². The maximum Gasteiger partial charge on any atom is 0.266 e. The Hall–Kier alpha value is -4.89. The molecule has 0 saturated carbocycles. The van der Waals surface area contributed by atoms with Gasteiger partial charge in [-0.05, 0) is 81.0 Å². The van der Waals surface area contributed by atoms with Gasteiger partial charge >= 0.3 is 0 Å². The Balaban J connectivity index is 1.51. The van der Waals surface area contributed by atoms with E-state index in [1.54, 1.807) is 4.90 Å². The van der Waals surface area contributed by atoms with Gasteiger partial charge in [0.25, 0.3) is 17.7 Å². The lowest BCUT2D eigenvalue weighted by Crippen LogP contribution is -2.44. The Morgan fingerprint density at radius 3 is 1.46 bits per heavy atom. The van der Waals surface area contributed by atoms with E-state index in [1.165, 1.54) is 27.6 Å². The summed E-state index contributed by atoms with van der Waals surface area (Å²) in [5.41, 5.74) is 7.94. The number of hydrogen-bond donors (Lipinski definition) is 1. The molecule has 1 unspecified atom stereocenters. The Morgan fingerprint density at radius 1 is 0.537 bits per heavy atom. The van der Waals surface area contributed by atoms with Gasteiger partial charge < -0.3 is 5.11 Å². The number of para-hydroxylation sites is 2. The molecule has 1 N–H and O–H groups in total. The van der Waals surface area contributed by atoms with Crippen molar-refractivity contribution < 1.29 is 19.5 Å². The predicted octanol–water partition coefficient (Wildman–Crippen LogP) is 12.2. The highest BCUT2D eigenvalue weighted by Gasteiger charge is 2.45. The van der Waals surface area contributed by atoms with E-state index < -0.39 is 18.0 Å². The number of benzene rings is 4. The van der Waals surface area contributed by atoms with Gasteiger partial charge in [0.05, 0.1) is 22.5 Å². The van der Waals surface area contributed by atoms with Crippen LogP contribution in [0.4, 0.5) is 11.4 Å². The van der Waals surface area contributed by atoms with Crippen molar-refractivity contribution in [2.75, 3.05) is 9.80 Å². The monoisotopic (exact) mass is 752 g/mol. The van der Waals surface area contributed by atoms with Gasteiger partial charge in [-0.3, -0.25) is 19.3 Å².